The van der Waals surface area contributed by atoms with E-state index in [4.69, 9.17) is 30.6 Å². The summed E-state index contributed by atoms with van der Waals surface area (Å²) in [5.41, 5.74) is 1.27. The summed E-state index contributed by atoms with van der Waals surface area (Å²) in [7, 11) is 1.85. The van der Waals surface area contributed by atoms with Crippen molar-refractivity contribution >= 4 is 34.4 Å². The number of anilines is 1. The van der Waals surface area contributed by atoms with Crippen LogP contribution in [0.15, 0.2) is 57.7 Å². The van der Waals surface area contributed by atoms with Crippen LogP contribution in [0.1, 0.15) is 18.4 Å². The Kier molecular flexibility index (Phi) is 6.67. The molecular formula is C24H24ClNO6. The minimum absolute atomic E-state index is 0.0163. The smallest absolute Gasteiger partial charge is 0.306 e. The van der Waals surface area contributed by atoms with Gasteiger partial charge in [-0.2, -0.15) is 0 Å². The molecule has 32 heavy (non-hydrogen) atoms. The Morgan fingerprint density at radius 2 is 1.94 bits per heavy atom. The zero-order valence-corrected chi connectivity index (χ0v) is 18.4. The van der Waals surface area contributed by atoms with Gasteiger partial charge in [0.2, 0.25) is 0 Å². The number of ether oxygens (including phenoxy) is 2. The molecule has 168 valence electrons. The van der Waals surface area contributed by atoms with Crippen LogP contribution < -0.4 is 15.1 Å². The van der Waals surface area contributed by atoms with E-state index in [1.807, 2.05) is 36.2 Å². The van der Waals surface area contributed by atoms with Gasteiger partial charge in [0.05, 0.1) is 29.0 Å². The minimum atomic E-state index is -0.751. The van der Waals surface area contributed by atoms with Gasteiger partial charge in [-0.1, -0.05) is 29.8 Å². The minimum Gasteiger partial charge on any atom is -0.491 e. The number of hydrogen-bond donors (Lipinski definition) is 1. The lowest BCUT2D eigenvalue weighted by Crippen LogP contribution is -2.36. The van der Waals surface area contributed by atoms with Crippen LogP contribution in [0, 0.1) is 5.92 Å². The van der Waals surface area contributed by atoms with Crippen LogP contribution in [-0.2, 0) is 16.1 Å². The van der Waals surface area contributed by atoms with Crippen molar-refractivity contribution in [1.29, 1.82) is 0 Å². The molecule has 0 amide bonds. The molecule has 0 spiro atoms. The molecule has 1 heterocycles. The maximum atomic E-state index is 12.4. The van der Waals surface area contributed by atoms with E-state index in [0.29, 0.717) is 54.5 Å². The Bertz CT molecular complexity index is 1150. The molecule has 0 saturated heterocycles. The summed E-state index contributed by atoms with van der Waals surface area (Å²) in [6.07, 6.45) is 1.16. The summed E-state index contributed by atoms with van der Waals surface area (Å²) < 4.78 is 17.2. The molecule has 7 nitrogen and oxygen atoms in total. The van der Waals surface area contributed by atoms with Crippen molar-refractivity contribution in [3.05, 3.63) is 69.3 Å². The molecule has 0 bridgehead atoms. The standard InChI is InChI=1S/C24H24ClNO6/c1-26(22-13-21(27)19-3-2-4-20(25)23(19)32-22)14-15-5-7-17(8-6-15)30-9-10-31-18-11-16(12-18)24(28)29/h2-8,13,16,18H,9-12,14H2,1H3,(H,28,29). The number of aliphatic carboxylic acids is 1. The second kappa shape index (κ2) is 9.63. The number of rotatable bonds is 9. The molecule has 0 unspecified atom stereocenters. The monoisotopic (exact) mass is 457 g/mol. The first-order chi connectivity index (χ1) is 15.4. The number of carbonyl (C=O) groups is 1. The van der Waals surface area contributed by atoms with E-state index >= 15 is 0 Å². The number of nitrogens with zero attached hydrogens (tertiary/aromatic N) is 1. The number of hydrogen-bond acceptors (Lipinski definition) is 6. The van der Waals surface area contributed by atoms with Gasteiger partial charge in [-0.05, 0) is 42.7 Å². The molecule has 3 aromatic rings. The molecule has 1 N–H and O–H groups in total. The lowest BCUT2D eigenvalue weighted by atomic mass is 9.82. The van der Waals surface area contributed by atoms with Crippen LogP contribution in [-0.4, -0.2) is 37.4 Å². The van der Waals surface area contributed by atoms with E-state index in [1.54, 1.807) is 18.2 Å². The fourth-order valence-electron chi connectivity index (χ4n) is 3.64. The first-order valence-electron chi connectivity index (χ1n) is 10.4. The lowest BCUT2D eigenvalue weighted by molar-refractivity contribution is -0.151. The van der Waals surface area contributed by atoms with Gasteiger partial charge in [-0.15, -0.1) is 0 Å². The number of benzene rings is 2. The third-order valence-corrected chi connectivity index (χ3v) is 5.86. The zero-order valence-electron chi connectivity index (χ0n) is 17.6. The Labute approximate surface area is 190 Å². The highest BCUT2D eigenvalue weighted by Gasteiger charge is 2.34. The van der Waals surface area contributed by atoms with Crippen molar-refractivity contribution in [2.45, 2.75) is 25.5 Å². The molecule has 2 aromatic carbocycles. The Hall–Kier alpha value is -3.03. The molecule has 4 rings (SSSR count). The first kappa shape index (κ1) is 22.2. The van der Waals surface area contributed by atoms with Crippen LogP contribution in [0.5, 0.6) is 5.75 Å². The van der Waals surface area contributed by atoms with Crippen molar-refractivity contribution < 1.29 is 23.8 Å². The quantitative estimate of drug-likeness (QED) is 0.478. The van der Waals surface area contributed by atoms with Gasteiger partial charge >= 0.3 is 5.97 Å². The molecule has 1 aromatic heterocycles. The summed E-state index contributed by atoms with van der Waals surface area (Å²) in [5.74, 6) is 0.139. The van der Waals surface area contributed by atoms with E-state index in [2.05, 4.69) is 0 Å². The molecule has 1 aliphatic rings. The van der Waals surface area contributed by atoms with Crippen LogP contribution in [0.4, 0.5) is 5.88 Å². The number of halogens is 1. The number of carboxylic acid groups (broad SMARTS) is 1. The summed E-state index contributed by atoms with van der Waals surface area (Å²) in [4.78, 5) is 25.0. The maximum absolute atomic E-state index is 12.4. The second-order valence-electron chi connectivity index (χ2n) is 7.91. The lowest BCUT2D eigenvalue weighted by Gasteiger charge is -2.31. The van der Waals surface area contributed by atoms with Crippen LogP contribution in [0.25, 0.3) is 11.0 Å². The maximum Gasteiger partial charge on any atom is 0.306 e. The Morgan fingerprint density at radius 3 is 2.66 bits per heavy atom. The topological polar surface area (TPSA) is 89.2 Å². The van der Waals surface area contributed by atoms with Crippen molar-refractivity contribution in [2.24, 2.45) is 5.92 Å². The van der Waals surface area contributed by atoms with Crippen molar-refractivity contribution in [1.82, 2.24) is 0 Å². The van der Waals surface area contributed by atoms with Crippen molar-refractivity contribution in [2.75, 3.05) is 25.2 Å². The Balaban J connectivity index is 1.28. The zero-order chi connectivity index (χ0) is 22.7. The van der Waals surface area contributed by atoms with Gasteiger partial charge in [0.25, 0.3) is 0 Å². The molecule has 0 radical (unpaired) electrons. The second-order valence-corrected chi connectivity index (χ2v) is 8.32. The molecule has 0 aliphatic heterocycles. The van der Waals surface area contributed by atoms with Gasteiger partial charge in [0, 0.05) is 19.7 Å². The van der Waals surface area contributed by atoms with E-state index < -0.39 is 5.97 Å². The van der Waals surface area contributed by atoms with Gasteiger partial charge in [-0.3, -0.25) is 9.59 Å². The van der Waals surface area contributed by atoms with Gasteiger partial charge in [0.1, 0.15) is 12.4 Å². The number of carboxylic acids is 1. The van der Waals surface area contributed by atoms with Crippen molar-refractivity contribution in [3.8, 4) is 5.75 Å². The molecule has 1 fully saturated rings. The highest BCUT2D eigenvalue weighted by molar-refractivity contribution is 6.34. The normalized spacial score (nSPS) is 17.7. The number of para-hydroxylation sites is 1. The highest BCUT2D eigenvalue weighted by Crippen LogP contribution is 2.30. The summed E-state index contributed by atoms with van der Waals surface area (Å²) in [6.45, 7) is 1.36. The average molecular weight is 458 g/mol. The van der Waals surface area contributed by atoms with Crippen LogP contribution in [0.3, 0.4) is 0 Å². The van der Waals surface area contributed by atoms with Crippen LogP contribution in [0.2, 0.25) is 5.02 Å². The van der Waals surface area contributed by atoms with Gasteiger partial charge < -0.3 is 23.9 Å². The average Bonchev–Trinajstić information content (AvgIpc) is 2.73. The fraction of sp³-hybridized carbons (Fsp3) is 0.333. The van der Waals surface area contributed by atoms with E-state index in [9.17, 15) is 9.59 Å². The SMILES string of the molecule is CN(Cc1ccc(OCCOC2CC(C(=O)O)C2)cc1)c1cc(=O)c2cccc(Cl)c2o1. The van der Waals surface area contributed by atoms with E-state index in [1.165, 1.54) is 6.07 Å². The highest BCUT2D eigenvalue weighted by atomic mass is 35.5. The molecule has 0 atom stereocenters. The van der Waals surface area contributed by atoms with Gasteiger partial charge in [0.15, 0.2) is 16.9 Å². The predicted molar refractivity (Wildman–Crippen MR) is 122 cm³/mol. The Morgan fingerprint density at radius 1 is 1.19 bits per heavy atom. The van der Waals surface area contributed by atoms with Crippen LogP contribution >= 0.6 is 11.6 Å². The molecule has 1 saturated carbocycles. The molecule has 1 aliphatic carbocycles. The first-order valence-corrected chi connectivity index (χ1v) is 10.8. The third kappa shape index (κ3) is 5.06. The number of fused-ring (bicyclic) bond motifs is 1. The van der Waals surface area contributed by atoms with Crippen molar-refractivity contribution in [3.63, 3.8) is 0 Å². The summed E-state index contributed by atoms with van der Waals surface area (Å²) in [6, 6.07) is 14.2. The fourth-order valence-corrected chi connectivity index (χ4v) is 3.85. The molecule has 8 heteroatoms. The van der Waals surface area contributed by atoms with E-state index in [0.717, 1.165) is 11.3 Å². The van der Waals surface area contributed by atoms with E-state index in [-0.39, 0.29) is 17.5 Å². The largest absolute Gasteiger partial charge is 0.491 e. The predicted octanol–water partition coefficient (Wildman–Crippen LogP) is 4.34. The summed E-state index contributed by atoms with van der Waals surface area (Å²) >= 11 is 6.19. The molecular weight excluding hydrogens is 434 g/mol. The third-order valence-electron chi connectivity index (χ3n) is 5.56. The van der Waals surface area contributed by atoms with Gasteiger partial charge in [-0.25, -0.2) is 0 Å². The summed E-state index contributed by atoms with van der Waals surface area (Å²) in [5, 5.41) is 9.73.